The molecule has 28 heavy (non-hydrogen) atoms. The zero-order valence-corrected chi connectivity index (χ0v) is 17.4. The van der Waals surface area contributed by atoms with Crippen LogP contribution in [0, 0.1) is 0 Å². The van der Waals surface area contributed by atoms with E-state index >= 15 is 0 Å². The Labute approximate surface area is 168 Å². The third-order valence-electron chi connectivity index (χ3n) is 4.46. The predicted octanol–water partition coefficient (Wildman–Crippen LogP) is 1.73. The van der Waals surface area contributed by atoms with Crippen LogP contribution in [-0.2, 0) is 30.8 Å². The summed E-state index contributed by atoms with van der Waals surface area (Å²) in [5, 5.41) is 2.64. The van der Waals surface area contributed by atoms with Crippen LogP contribution < -0.4 is 4.90 Å². The number of rotatable bonds is 7. The van der Waals surface area contributed by atoms with Crippen LogP contribution in [0.5, 0.6) is 0 Å². The molecule has 10 heteroatoms. The second-order valence-electron chi connectivity index (χ2n) is 6.28. The monoisotopic (exact) mass is 425 g/mol. The van der Waals surface area contributed by atoms with E-state index in [4.69, 9.17) is 9.47 Å². The highest BCUT2D eigenvalue weighted by Gasteiger charge is 2.34. The Hall–Kier alpha value is -2.01. The van der Waals surface area contributed by atoms with Gasteiger partial charge >= 0.3 is 5.97 Å². The van der Waals surface area contributed by atoms with Gasteiger partial charge in [0, 0.05) is 18.5 Å². The molecule has 2 aromatic rings. The molecule has 1 aromatic carbocycles. The second-order valence-corrected chi connectivity index (χ2v) is 9.01. The van der Waals surface area contributed by atoms with Gasteiger partial charge in [-0.3, -0.25) is 4.79 Å². The van der Waals surface area contributed by atoms with Gasteiger partial charge in [0.1, 0.15) is 6.04 Å². The molecular formula is C18H23N3O5S2. The Morgan fingerprint density at radius 1 is 1.32 bits per heavy atom. The zero-order chi connectivity index (χ0) is 20.1. The van der Waals surface area contributed by atoms with E-state index in [1.807, 2.05) is 5.38 Å². The molecule has 0 aliphatic carbocycles. The number of carbonyl (C=O) groups excluding carboxylic acids is 1. The van der Waals surface area contributed by atoms with Crippen LogP contribution in [0.25, 0.3) is 0 Å². The molecule has 0 bridgehead atoms. The van der Waals surface area contributed by atoms with E-state index in [1.54, 1.807) is 18.2 Å². The third kappa shape index (κ3) is 4.52. The van der Waals surface area contributed by atoms with Crippen LogP contribution in [0.3, 0.4) is 0 Å². The van der Waals surface area contributed by atoms with Crippen molar-refractivity contribution in [3.8, 4) is 0 Å². The van der Waals surface area contributed by atoms with Crippen molar-refractivity contribution in [3.05, 3.63) is 41.4 Å². The van der Waals surface area contributed by atoms with E-state index in [2.05, 4.69) is 9.88 Å². The zero-order valence-electron chi connectivity index (χ0n) is 15.8. The van der Waals surface area contributed by atoms with Crippen LogP contribution in [-0.4, -0.2) is 63.1 Å². The lowest BCUT2D eigenvalue weighted by atomic mass is 10.3. The van der Waals surface area contributed by atoms with E-state index in [0.29, 0.717) is 18.9 Å². The van der Waals surface area contributed by atoms with Crippen molar-refractivity contribution in [2.24, 2.45) is 0 Å². The van der Waals surface area contributed by atoms with Gasteiger partial charge in [-0.25, -0.2) is 13.4 Å². The number of thiazole rings is 1. The molecule has 1 aliphatic rings. The van der Waals surface area contributed by atoms with Crippen LogP contribution in [0.4, 0.5) is 5.13 Å². The van der Waals surface area contributed by atoms with E-state index in [0.717, 1.165) is 22.5 Å². The summed E-state index contributed by atoms with van der Waals surface area (Å²) in [4.78, 5) is 18.9. The van der Waals surface area contributed by atoms with Crippen molar-refractivity contribution in [2.45, 2.75) is 24.4 Å². The minimum Gasteiger partial charge on any atom is -0.468 e. The number of benzene rings is 1. The van der Waals surface area contributed by atoms with Gasteiger partial charge < -0.3 is 14.4 Å². The number of nitrogens with zero attached hydrogens (tertiary/aromatic N) is 3. The predicted molar refractivity (Wildman–Crippen MR) is 106 cm³/mol. The van der Waals surface area contributed by atoms with Crippen LogP contribution in [0.2, 0.25) is 0 Å². The smallest absolute Gasteiger partial charge is 0.323 e. The Balaban J connectivity index is 1.88. The van der Waals surface area contributed by atoms with Gasteiger partial charge in [-0.2, -0.15) is 4.31 Å². The summed E-state index contributed by atoms with van der Waals surface area (Å²) >= 11 is 1.45. The van der Waals surface area contributed by atoms with Crippen molar-refractivity contribution in [3.63, 3.8) is 0 Å². The molecule has 1 aromatic heterocycles. The molecule has 0 amide bonds. The van der Waals surface area contributed by atoms with Crippen molar-refractivity contribution in [2.75, 3.05) is 38.3 Å². The second kappa shape index (κ2) is 8.99. The number of esters is 1. The SMILES string of the molecule is COC(=O)[C@H](C)N(Cc1csc(N2CCOCC2)n1)S(=O)(=O)c1ccccc1. The normalized spacial score (nSPS) is 16.2. The molecule has 1 fully saturated rings. The molecule has 0 N–H and O–H groups in total. The lowest BCUT2D eigenvalue weighted by Crippen LogP contribution is -2.43. The summed E-state index contributed by atoms with van der Waals surface area (Å²) in [6.45, 7) is 4.27. The van der Waals surface area contributed by atoms with Gasteiger partial charge in [0.15, 0.2) is 5.13 Å². The molecule has 0 unspecified atom stereocenters. The molecule has 1 saturated heterocycles. The van der Waals surface area contributed by atoms with Crippen LogP contribution in [0.15, 0.2) is 40.6 Å². The average molecular weight is 426 g/mol. The fourth-order valence-electron chi connectivity index (χ4n) is 2.87. The third-order valence-corrected chi connectivity index (χ3v) is 7.34. The highest BCUT2D eigenvalue weighted by atomic mass is 32.2. The van der Waals surface area contributed by atoms with Crippen molar-refractivity contribution >= 4 is 32.5 Å². The van der Waals surface area contributed by atoms with Gasteiger partial charge in [0.05, 0.1) is 37.5 Å². The first-order chi connectivity index (χ1) is 13.4. The van der Waals surface area contributed by atoms with Gasteiger partial charge in [-0.1, -0.05) is 18.2 Å². The minimum atomic E-state index is -3.91. The number of anilines is 1. The van der Waals surface area contributed by atoms with E-state index in [1.165, 1.54) is 37.5 Å². The Bertz CT molecular complexity index is 895. The molecule has 0 saturated carbocycles. The number of methoxy groups -OCH3 is 1. The molecule has 1 aliphatic heterocycles. The first kappa shape index (κ1) is 20.7. The molecule has 3 rings (SSSR count). The fourth-order valence-corrected chi connectivity index (χ4v) is 5.32. The average Bonchev–Trinajstić information content (AvgIpc) is 3.21. The largest absolute Gasteiger partial charge is 0.468 e. The summed E-state index contributed by atoms with van der Waals surface area (Å²) in [6.07, 6.45) is 0. The molecule has 2 heterocycles. The summed E-state index contributed by atoms with van der Waals surface area (Å²) in [5.74, 6) is -0.622. The molecular weight excluding hydrogens is 402 g/mol. The summed E-state index contributed by atoms with van der Waals surface area (Å²) in [7, 11) is -2.66. The number of morpholine rings is 1. The van der Waals surface area contributed by atoms with Gasteiger partial charge in [0.2, 0.25) is 10.0 Å². The standard InChI is InChI=1S/C18H23N3O5S2/c1-14(17(22)25-2)21(28(23,24)16-6-4-3-5-7-16)12-15-13-27-18(19-15)20-8-10-26-11-9-20/h3-7,13-14H,8-12H2,1-2H3/t14-/m0/s1. The van der Waals surface area contributed by atoms with Crippen molar-refractivity contribution < 1.29 is 22.7 Å². The first-order valence-electron chi connectivity index (χ1n) is 8.85. The van der Waals surface area contributed by atoms with E-state index in [9.17, 15) is 13.2 Å². The number of hydrogen-bond acceptors (Lipinski definition) is 8. The molecule has 8 nitrogen and oxygen atoms in total. The summed E-state index contributed by atoms with van der Waals surface area (Å²) in [5.41, 5.74) is 0.585. The summed E-state index contributed by atoms with van der Waals surface area (Å²) < 4.78 is 37.6. The van der Waals surface area contributed by atoms with E-state index < -0.39 is 22.0 Å². The maximum absolute atomic E-state index is 13.2. The molecule has 1 atom stereocenters. The maximum Gasteiger partial charge on any atom is 0.323 e. The highest BCUT2D eigenvalue weighted by Crippen LogP contribution is 2.26. The Morgan fingerprint density at radius 2 is 2.00 bits per heavy atom. The number of hydrogen-bond donors (Lipinski definition) is 0. The maximum atomic E-state index is 13.2. The topological polar surface area (TPSA) is 89.0 Å². The lowest BCUT2D eigenvalue weighted by molar-refractivity contribution is -0.144. The quantitative estimate of drug-likeness (QED) is 0.624. The van der Waals surface area contributed by atoms with E-state index in [-0.39, 0.29) is 11.4 Å². The molecule has 0 spiro atoms. The van der Waals surface area contributed by atoms with Crippen molar-refractivity contribution in [1.82, 2.24) is 9.29 Å². The van der Waals surface area contributed by atoms with Gasteiger partial charge in [-0.15, -0.1) is 11.3 Å². The number of carbonyl (C=O) groups is 1. The fraction of sp³-hybridized carbons (Fsp3) is 0.444. The first-order valence-corrected chi connectivity index (χ1v) is 11.2. The Morgan fingerprint density at radius 3 is 2.64 bits per heavy atom. The van der Waals surface area contributed by atoms with Gasteiger partial charge in [-0.05, 0) is 19.1 Å². The summed E-state index contributed by atoms with van der Waals surface area (Å²) in [6, 6.07) is 7.06. The highest BCUT2D eigenvalue weighted by molar-refractivity contribution is 7.89. The number of aromatic nitrogens is 1. The molecule has 0 radical (unpaired) electrons. The van der Waals surface area contributed by atoms with Crippen LogP contribution in [0.1, 0.15) is 12.6 Å². The van der Waals surface area contributed by atoms with Crippen molar-refractivity contribution in [1.29, 1.82) is 0 Å². The minimum absolute atomic E-state index is 0.0195. The Kier molecular flexibility index (Phi) is 6.65. The number of ether oxygens (including phenoxy) is 2. The van der Waals surface area contributed by atoms with Crippen LogP contribution >= 0.6 is 11.3 Å². The van der Waals surface area contributed by atoms with Gasteiger partial charge in [0.25, 0.3) is 0 Å². The number of sulfonamides is 1. The molecule has 152 valence electrons. The lowest BCUT2D eigenvalue weighted by Gasteiger charge is -2.27.